The standard InChI is InChI=1S/C10H7IN2/c11-9-5-2-1-4-8(9)10-12-6-3-7-13-10/h1-7H. The molecule has 2 rings (SSSR count). The maximum atomic E-state index is 4.19. The molecule has 0 aliphatic heterocycles. The number of hydrogen-bond acceptors (Lipinski definition) is 2. The van der Waals surface area contributed by atoms with Crippen LogP contribution < -0.4 is 0 Å². The Hall–Kier alpha value is -0.970. The normalized spacial score (nSPS) is 9.92. The van der Waals surface area contributed by atoms with Crippen molar-refractivity contribution in [1.29, 1.82) is 0 Å². The minimum absolute atomic E-state index is 0.785. The zero-order chi connectivity index (χ0) is 9.10. The van der Waals surface area contributed by atoms with Crippen molar-refractivity contribution >= 4 is 22.6 Å². The second kappa shape index (κ2) is 3.83. The van der Waals surface area contributed by atoms with Crippen molar-refractivity contribution < 1.29 is 0 Å². The van der Waals surface area contributed by atoms with Crippen LogP contribution in [0, 0.1) is 3.57 Å². The first kappa shape index (κ1) is 8.62. The van der Waals surface area contributed by atoms with Crippen LogP contribution in [-0.2, 0) is 0 Å². The lowest BCUT2D eigenvalue weighted by atomic mass is 10.2. The van der Waals surface area contributed by atoms with Gasteiger partial charge in [-0.2, -0.15) is 0 Å². The SMILES string of the molecule is Ic1ccccc1-c1ncccn1. The molecule has 0 N–H and O–H groups in total. The van der Waals surface area contributed by atoms with E-state index in [1.165, 1.54) is 3.57 Å². The molecule has 2 nitrogen and oxygen atoms in total. The van der Waals surface area contributed by atoms with Gasteiger partial charge in [0.1, 0.15) is 0 Å². The lowest BCUT2D eigenvalue weighted by Gasteiger charge is -2.00. The molecule has 0 bridgehead atoms. The largest absolute Gasteiger partial charge is 0.237 e. The topological polar surface area (TPSA) is 25.8 Å². The van der Waals surface area contributed by atoms with Gasteiger partial charge in [-0.15, -0.1) is 0 Å². The number of hydrogen-bond donors (Lipinski definition) is 0. The summed E-state index contributed by atoms with van der Waals surface area (Å²) in [5.74, 6) is 0.785. The van der Waals surface area contributed by atoms with E-state index < -0.39 is 0 Å². The molecule has 0 unspecified atom stereocenters. The highest BCUT2D eigenvalue weighted by Gasteiger charge is 2.02. The van der Waals surface area contributed by atoms with E-state index in [0.29, 0.717) is 0 Å². The molecule has 0 saturated carbocycles. The average molecular weight is 282 g/mol. The van der Waals surface area contributed by atoms with E-state index >= 15 is 0 Å². The number of rotatable bonds is 1. The first-order valence-corrected chi connectivity index (χ1v) is 4.98. The Morgan fingerprint density at radius 2 is 1.62 bits per heavy atom. The van der Waals surface area contributed by atoms with E-state index in [9.17, 15) is 0 Å². The average Bonchev–Trinajstić information content (AvgIpc) is 2.20. The zero-order valence-corrected chi connectivity index (χ0v) is 8.97. The molecule has 0 aliphatic rings. The minimum atomic E-state index is 0.785. The lowest BCUT2D eigenvalue weighted by molar-refractivity contribution is 1.17. The van der Waals surface area contributed by atoms with Gasteiger partial charge in [0, 0.05) is 21.5 Å². The van der Waals surface area contributed by atoms with Crippen LogP contribution in [0.15, 0.2) is 42.7 Å². The molecule has 1 aromatic heterocycles. The van der Waals surface area contributed by atoms with Gasteiger partial charge < -0.3 is 0 Å². The van der Waals surface area contributed by atoms with Gasteiger partial charge in [0.2, 0.25) is 0 Å². The van der Waals surface area contributed by atoms with Crippen LogP contribution in [0.2, 0.25) is 0 Å². The van der Waals surface area contributed by atoms with E-state index in [1.54, 1.807) is 12.4 Å². The molecule has 64 valence electrons. The van der Waals surface area contributed by atoms with E-state index in [0.717, 1.165) is 11.4 Å². The highest BCUT2D eigenvalue weighted by molar-refractivity contribution is 14.1. The quantitative estimate of drug-likeness (QED) is 0.752. The van der Waals surface area contributed by atoms with Crippen LogP contribution in [0.4, 0.5) is 0 Å². The molecule has 0 aliphatic carbocycles. The first-order valence-electron chi connectivity index (χ1n) is 3.90. The number of benzene rings is 1. The molecular formula is C10H7IN2. The van der Waals surface area contributed by atoms with Crippen LogP contribution in [0.1, 0.15) is 0 Å². The summed E-state index contributed by atoms with van der Waals surface area (Å²) in [5.41, 5.74) is 1.09. The fraction of sp³-hybridized carbons (Fsp3) is 0. The summed E-state index contributed by atoms with van der Waals surface area (Å²) in [5, 5.41) is 0. The van der Waals surface area contributed by atoms with E-state index in [1.807, 2.05) is 30.3 Å². The third kappa shape index (κ3) is 1.85. The van der Waals surface area contributed by atoms with Gasteiger partial charge in [-0.1, -0.05) is 18.2 Å². The summed E-state index contributed by atoms with van der Waals surface area (Å²) in [7, 11) is 0. The Balaban J connectivity index is 2.54. The van der Waals surface area contributed by atoms with Gasteiger partial charge in [-0.05, 0) is 34.7 Å². The highest BCUT2D eigenvalue weighted by atomic mass is 127. The molecule has 0 atom stereocenters. The zero-order valence-electron chi connectivity index (χ0n) is 6.81. The molecule has 0 radical (unpaired) electrons. The fourth-order valence-corrected chi connectivity index (χ4v) is 1.71. The number of nitrogens with zero attached hydrogens (tertiary/aromatic N) is 2. The molecular weight excluding hydrogens is 275 g/mol. The Kier molecular flexibility index (Phi) is 2.54. The third-order valence-corrected chi connectivity index (χ3v) is 2.62. The van der Waals surface area contributed by atoms with E-state index in [4.69, 9.17) is 0 Å². The predicted molar refractivity (Wildman–Crippen MR) is 60.2 cm³/mol. The molecule has 0 amide bonds. The maximum Gasteiger partial charge on any atom is 0.160 e. The second-order valence-corrected chi connectivity index (χ2v) is 3.71. The second-order valence-electron chi connectivity index (χ2n) is 2.55. The molecule has 0 saturated heterocycles. The Labute approximate surface area is 90.2 Å². The van der Waals surface area contributed by atoms with Crippen LogP contribution in [0.3, 0.4) is 0 Å². The summed E-state index contributed by atoms with van der Waals surface area (Å²) in [6.45, 7) is 0. The van der Waals surface area contributed by atoms with Crippen molar-refractivity contribution in [3.05, 3.63) is 46.3 Å². The van der Waals surface area contributed by atoms with Gasteiger partial charge in [-0.3, -0.25) is 0 Å². The monoisotopic (exact) mass is 282 g/mol. The Morgan fingerprint density at radius 1 is 0.923 bits per heavy atom. The summed E-state index contributed by atoms with van der Waals surface area (Å²) in [6, 6.07) is 9.89. The molecule has 3 heteroatoms. The van der Waals surface area contributed by atoms with Crippen molar-refractivity contribution in [2.45, 2.75) is 0 Å². The van der Waals surface area contributed by atoms with E-state index in [2.05, 4.69) is 32.6 Å². The highest BCUT2D eigenvalue weighted by Crippen LogP contribution is 2.20. The maximum absolute atomic E-state index is 4.19. The lowest BCUT2D eigenvalue weighted by Crippen LogP contribution is -1.88. The third-order valence-electron chi connectivity index (χ3n) is 1.68. The molecule has 1 aromatic carbocycles. The van der Waals surface area contributed by atoms with Gasteiger partial charge >= 0.3 is 0 Å². The summed E-state index contributed by atoms with van der Waals surface area (Å²) in [4.78, 5) is 8.39. The van der Waals surface area contributed by atoms with Gasteiger partial charge in [-0.25, -0.2) is 9.97 Å². The van der Waals surface area contributed by atoms with Crippen molar-refractivity contribution in [1.82, 2.24) is 9.97 Å². The smallest absolute Gasteiger partial charge is 0.160 e. The summed E-state index contributed by atoms with van der Waals surface area (Å²) < 4.78 is 1.17. The summed E-state index contributed by atoms with van der Waals surface area (Å²) in [6.07, 6.45) is 3.51. The van der Waals surface area contributed by atoms with Crippen LogP contribution in [-0.4, -0.2) is 9.97 Å². The Bertz CT molecular complexity index is 401. The number of aromatic nitrogens is 2. The molecule has 13 heavy (non-hydrogen) atoms. The van der Waals surface area contributed by atoms with Crippen LogP contribution >= 0.6 is 22.6 Å². The number of halogens is 1. The molecule has 1 heterocycles. The Morgan fingerprint density at radius 3 is 2.31 bits per heavy atom. The molecule has 2 aromatic rings. The van der Waals surface area contributed by atoms with Crippen LogP contribution in [0.5, 0.6) is 0 Å². The van der Waals surface area contributed by atoms with Gasteiger partial charge in [0.05, 0.1) is 0 Å². The first-order chi connectivity index (χ1) is 6.38. The van der Waals surface area contributed by atoms with Crippen molar-refractivity contribution in [2.24, 2.45) is 0 Å². The molecule has 0 fully saturated rings. The fourth-order valence-electron chi connectivity index (χ4n) is 1.08. The molecule has 0 spiro atoms. The van der Waals surface area contributed by atoms with Crippen molar-refractivity contribution in [3.63, 3.8) is 0 Å². The van der Waals surface area contributed by atoms with E-state index in [-0.39, 0.29) is 0 Å². The summed E-state index contributed by atoms with van der Waals surface area (Å²) >= 11 is 2.28. The van der Waals surface area contributed by atoms with Crippen LogP contribution in [0.25, 0.3) is 11.4 Å². The van der Waals surface area contributed by atoms with Gasteiger partial charge in [0.25, 0.3) is 0 Å². The van der Waals surface area contributed by atoms with Gasteiger partial charge in [0.15, 0.2) is 5.82 Å². The minimum Gasteiger partial charge on any atom is -0.237 e. The van der Waals surface area contributed by atoms with Crippen molar-refractivity contribution in [2.75, 3.05) is 0 Å². The predicted octanol–water partition coefficient (Wildman–Crippen LogP) is 2.75. The van der Waals surface area contributed by atoms with Crippen molar-refractivity contribution in [3.8, 4) is 11.4 Å².